The van der Waals surface area contributed by atoms with Gasteiger partial charge in [0, 0.05) is 0 Å². The molecule has 6 nitrogen and oxygen atoms in total. The Hall–Kier alpha value is -1.59. The van der Waals surface area contributed by atoms with Crippen LogP contribution in [0.2, 0.25) is 0 Å². The van der Waals surface area contributed by atoms with Crippen molar-refractivity contribution in [1.82, 2.24) is 0 Å². The minimum absolute atomic E-state index is 0.0126. The fourth-order valence-corrected chi connectivity index (χ4v) is 2.35. The lowest BCUT2D eigenvalue weighted by atomic mass is 9.69. The van der Waals surface area contributed by atoms with E-state index in [1.807, 2.05) is 20.8 Å². The molecule has 0 aliphatic rings. The second-order valence-electron chi connectivity index (χ2n) is 7.56. The van der Waals surface area contributed by atoms with Crippen LogP contribution < -0.4 is 0 Å². The van der Waals surface area contributed by atoms with Gasteiger partial charge in [0.05, 0.1) is 18.3 Å². The lowest BCUT2D eigenvalue weighted by Crippen LogP contribution is -2.39. The molecule has 134 valence electrons. The SMILES string of the molecule is CC(C)C(C)(CC(C)(C)C)C(=O)OCCOC(=O)CCC(=O)O. The van der Waals surface area contributed by atoms with Crippen molar-refractivity contribution in [2.75, 3.05) is 13.2 Å². The molecule has 1 atom stereocenters. The van der Waals surface area contributed by atoms with Crippen LogP contribution in [0.5, 0.6) is 0 Å². The summed E-state index contributed by atoms with van der Waals surface area (Å²) in [5.74, 6) is -1.84. The number of ether oxygens (including phenoxy) is 2. The molecule has 0 fully saturated rings. The lowest BCUT2D eigenvalue weighted by molar-refractivity contribution is -0.164. The van der Waals surface area contributed by atoms with Crippen LogP contribution in [-0.2, 0) is 23.9 Å². The summed E-state index contributed by atoms with van der Waals surface area (Å²) in [5, 5.41) is 8.46. The maximum Gasteiger partial charge on any atom is 0.312 e. The van der Waals surface area contributed by atoms with Crippen LogP contribution in [0, 0.1) is 16.7 Å². The molecule has 0 rings (SSSR count). The zero-order chi connectivity index (χ0) is 18.3. The van der Waals surface area contributed by atoms with Crippen molar-refractivity contribution in [3.05, 3.63) is 0 Å². The van der Waals surface area contributed by atoms with Gasteiger partial charge in [0.15, 0.2) is 0 Å². The summed E-state index contributed by atoms with van der Waals surface area (Å²) in [6, 6.07) is 0. The summed E-state index contributed by atoms with van der Waals surface area (Å²) >= 11 is 0. The third kappa shape index (κ3) is 8.57. The van der Waals surface area contributed by atoms with Gasteiger partial charge in [-0.25, -0.2) is 0 Å². The van der Waals surface area contributed by atoms with Crippen molar-refractivity contribution < 1.29 is 29.0 Å². The smallest absolute Gasteiger partial charge is 0.312 e. The first-order valence-corrected chi connectivity index (χ1v) is 7.93. The van der Waals surface area contributed by atoms with Crippen LogP contribution in [0.4, 0.5) is 0 Å². The summed E-state index contributed by atoms with van der Waals surface area (Å²) in [6.07, 6.45) is 0.238. The molecule has 0 amide bonds. The van der Waals surface area contributed by atoms with Crippen molar-refractivity contribution >= 4 is 17.9 Å². The van der Waals surface area contributed by atoms with E-state index in [4.69, 9.17) is 14.6 Å². The topological polar surface area (TPSA) is 89.9 Å². The highest BCUT2D eigenvalue weighted by Gasteiger charge is 2.41. The molecule has 0 aliphatic carbocycles. The van der Waals surface area contributed by atoms with Gasteiger partial charge in [-0.2, -0.15) is 0 Å². The average Bonchev–Trinajstić information content (AvgIpc) is 2.38. The predicted octanol–water partition coefficient (Wildman–Crippen LogP) is 3.04. The van der Waals surface area contributed by atoms with Crippen molar-refractivity contribution in [3.63, 3.8) is 0 Å². The van der Waals surface area contributed by atoms with E-state index in [-0.39, 0.29) is 43.4 Å². The highest BCUT2D eigenvalue weighted by Crippen LogP contribution is 2.40. The molecular formula is C17H30O6. The molecular weight excluding hydrogens is 300 g/mol. The molecule has 1 N–H and O–H groups in total. The molecule has 0 bridgehead atoms. The monoisotopic (exact) mass is 330 g/mol. The van der Waals surface area contributed by atoms with Crippen molar-refractivity contribution in [1.29, 1.82) is 0 Å². The summed E-state index contributed by atoms with van der Waals surface area (Å²) < 4.78 is 10.1. The van der Waals surface area contributed by atoms with Gasteiger partial charge in [0.25, 0.3) is 0 Å². The quantitative estimate of drug-likeness (QED) is 0.516. The molecule has 0 aromatic carbocycles. The number of carbonyl (C=O) groups excluding carboxylic acids is 2. The Morgan fingerprint density at radius 1 is 0.957 bits per heavy atom. The van der Waals surface area contributed by atoms with Gasteiger partial charge in [0.2, 0.25) is 0 Å². The minimum atomic E-state index is -1.05. The molecule has 1 unspecified atom stereocenters. The van der Waals surface area contributed by atoms with Gasteiger partial charge in [-0.1, -0.05) is 34.6 Å². The van der Waals surface area contributed by atoms with E-state index >= 15 is 0 Å². The van der Waals surface area contributed by atoms with Gasteiger partial charge in [0.1, 0.15) is 13.2 Å². The van der Waals surface area contributed by atoms with Crippen LogP contribution in [0.1, 0.15) is 60.8 Å². The Labute approximate surface area is 138 Å². The van der Waals surface area contributed by atoms with Gasteiger partial charge in [-0.05, 0) is 24.7 Å². The molecule has 23 heavy (non-hydrogen) atoms. The highest BCUT2D eigenvalue weighted by molar-refractivity contribution is 5.77. The Bertz CT molecular complexity index is 421. The normalized spacial score (nSPS) is 14.2. The standard InChI is InChI=1S/C17H30O6/c1-12(2)17(6,11-16(3,4)5)15(21)23-10-9-22-14(20)8-7-13(18)19/h12H,7-11H2,1-6H3,(H,18,19). The first kappa shape index (κ1) is 21.4. The van der Waals surface area contributed by atoms with Crippen molar-refractivity contribution in [2.24, 2.45) is 16.7 Å². The average molecular weight is 330 g/mol. The molecule has 6 heteroatoms. The third-order valence-corrected chi connectivity index (χ3v) is 3.76. The minimum Gasteiger partial charge on any atom is -0.481 e. The highest BCUT2D eigenvalue weighted by atomic mass is 16.6. The predicted molar refractivity (Wildman–Crippen MR) is 85.8 cm³/mol. The van der Waals surface area contributed by atoms with Crippen molar-refractivity contribution in [3.8, 4) is 0 Å². The maximum atomic E-state index is 12.4. The summed E-state index contributed by atoms with van der Waals surface area (Å²) in [6.45, 7) is 12.0. The van der Waals surface area contributed by atoms with E-state index in [0.717, 1.165) is 0 Å². The Balaban J connectivity index is 4.35. The number of carboxylic acid groups (broad SMARTS) is 1. The number of carbonyl (C=O) groups is 3. The summed E-state index contributed by atoms with van der Waals surface area (Å²) in [4.78, 5) is 34.0. The molecule has 0 heterocycles. The van der Waals surface area contributed by atoms with E-state index in [0.29, 0.717) is 6.42 Å². The zero-order valence-electron chi connectivity index (χ0n) is 15.1. The number of esters is 2. The van der Waals surface area contributed by atoms with E-state index < -0.39 is 17.4 Å². The first-order valence-electron chi connectivity index (χ1n) is 7.93. The van der Waals surface area contributed by atoms with Gasteiger partial charge < -0.3 is 14.6 Å². The molecule has 0 saturated carbocycles. The fourth-order valence-electron chi connectivity index (χ4n) is 2.35. The maximum absolute atomic E-state index is 12.4. The number of carboxylic acids is 1. The zero-order valence-corrected chi connectivity index (χ0v) is 15.1. The number of hydrogen-bond donors (Lipinski definition) is 1. The van der Waals surface area contributed by atoms with E-state index in [1.165, 1.54) is 0 Å². The largest absolute Gasteiger partial charge is 0.481 e. The molecule has 0 aromatic heterocycles. The Morgan fingerprint density at radius 3 is 1.91 bits per heavy atom. The van der Waals surface area contributed by atoms with Gasteiger partial charge >= 0.3 is 17.9 Å². The molecule has 0 saturated heterocycles. The van der Waals surface area contributed by atoms with Gasteiger partial charge in [-0.3, -0.25) is 14.4 Å². The van der Waals surface area contributed by atoms with Crippen LogP contribution in [0.25, 0.3) is 0 Å². The summed E-state index contributed by atoms with van der Waals surface area (Å²) in [7, 11) is 0. The number of rotatable bonds is 9. The van der Waals surface area contributed by atoms with E-state index in [9.17, 15) is 14.4 Å². The first-order chi connectivity index (χ1) is 10.4. The lowest BCUT2D eigenvalue weighted by Gasteiger charge is -2.36. The van der Waals surface area contributed by atoms with Crippen LogP contribution in [0.3, 0.4) is 0 Å². The van der Waals surface area contributed by atoms with Gasteiger partial charge in [-0.15, -0.1) is 0 Å². The Morgan fingerprint density at radius 2 is 1.48 bits per heavy atom. The summed E-state index contributed by atoms with van der Waals surface area (Å²) in [5.41, 5.74) is -0.618. The van der Waals surface area contributed by atoms with Crippen LogP contribution in [-0.4, -0.2) is 36.2 Å². The number of aliphatic carboxylic acids is 1. The third-order valence-electron chi connectivity index (χ3n) is 3.76. The fraction of sp³-hybridized carbons (Fsp3) is 0.824. The van der Waals surface area contributed by atoms with E-state index in [2.05, 4.69) is 20.8 Å². The molecule has 0 spiro atoms. The van der Waals surface area contributed by atoms with E-state index in [1.54, 1.807) is 0 Å². The molecule has 0 aromatic rings. The second kappa shape index (κ2) is 8.89. The number of hydrogen-bond acceptors (Lipinski definition) is 5. The van der Waals surface area contributed by atoms with Crippen LogP contribution in [0.15, 0.2) is 0 Å². The van der Waals surface area contributed by atoms with Crippen LogP contribution >= 0.6 is 0 Å². The molecule has 0 aliphatic heterocycles. The Kier molecular flexibility index (Phi) is 8.28. The van der Waals surface area contributed by atoms with Crippen molar-refractivity contribution in [2.45, 2.75) is 60.8 Å². The molecule has 0 radical (unpaired) electrons. The second-order valence-corrected chi connectivity index (χ2v) is 7.56.